The largest absolute Gasteiger partial charge is 0.478 e. The van der Waals surface area contributed by atoms with E-state index < -0.39 is 46.8 Å². The maximum absolute atomic E-state index is 15.5. The van der Waals surface area contributed by atoms with Crippen molar-refractivity contribution in [2.75, 3.05) is 27.4 Å². The first-order valence-electron chi connectivity index (χ1n) is 28.6. The average Bonchev–Trinajstić information content (AvgIpc) is 1.59. The number of pyridine rings is 2. The highest BCUT2D eigenvalue weighted by Gasteiger charge is 2.22. The molecule has 0 spiro atoms. The van der Waals surface area contributed by atoms with Crippen LogP contribution in [0.3, 0.4) is 0 Å². The molecule has 0 saturated heterocycles. The zero-order valence-corrected chi connectivity index (χ0v) is 49.8. The Balaban J connectivity index is 0.000000188. The van der Waals surface area contributed by atoms with Crippen LogP contribution < -0.4 is 9.47 Å². The van der Waals surface area contributed by atoms with Gasteiger partial charge < -0.3 is 38.3 Å². The second-order valence-electron chi connectivity index (χ2n) is 21.2. The van der Waals surface area contributed by atoms with Gasteiger partial charge in [0, 0.05) is 112 Å². The van der Waals surface area contributed by atoms with Gasteiger partial charge in [0.2, 0.25) is 11.8 Å². The van der Waals surface area contributed by atoms with Gasteiger partial charge in [-0.3, -0.25) is 9.36 Å². The van der Waals surface area contributed by atoms with Crippen molar-refractivity contribution in [1.29, 1.82) is 0 Å². The van der Waals surface area contributed by atoms with Crippen LogP contribution >= 0.6 is 0 Å². The standard InChI is InChI=1S/2C34H28F3N5O4/c2*1-41-30(10-11-38-41)20-6-7-22(25(35)14-20)19-46-33-5-3-4-28(40-33)24-18-26(36)23(15-27(24)37)17-32-39-29-9-8-21(34(43)44)16-31(29)42(32)12-13-45-2/h2*3-11,14-16,18H,12-13,17,19H2,1-2H3,(H,43,44). The summed E-state index contributed by atoms with van der Waals surface area (Å²) >= 11 is 0. The van der Waals surface area contributed by atoms with Gasteiger partial charge in [-0.25, -0.2) is 55.9 Å². The molecule has 468 valence electrons. The van der Waals surface area contributed by atoms with Crippen LogP contribution in [0, 0.1) is 34.9 Å². The van der Waals surface area contributed by atoms with Gasteiger partial charge in [0.1, 0.15) is 59.8 Å². The molecule has 6 aromatic heterocycles. The monoisotopic (exact) mass is 1250 g/mol. The normalized spacial score (nSPS) is 11.3. The summed E-state index contributed by atoms with van der Waals surface area (Å²) in [5.41, 5.74) is 6.05. The Labute approximate surface area is 521 Å². The fraction of sp³-hybridized carbons (Fsp3) is 0.176. The van der Waals surface area contributed by atoms with Gasteiger partial charge in [-0.2, -0.15) is 10.2 Å². The Bertz CT molecular complexity index is 4440. The van der Waals surface area contributed by atoms with Gasteiger partial charge >= 0.3 is 11.9 Å². The van der Waals surface area contributed by atoms with Crippen LogP contribution in [-0.2, 0) is 62.7 Å². The molecule has 2 N–H and O–H groups in total. The van der Waals surface area contributed by atoms with Gasteiger partial charge in [-0.15, -0.1) is 0 Å². The first-order valence-corrected chi connectivity index (χ1v) is 28.6. The third-order valence-corrected chi connectivity index (χ3v) is 15.2. The van der Waals surface area contributed by atoms with Crippen molar-refractivity contribution in [1.82, 2.24) is 48.6 Å². The number of carboxylic acid groups (broad SMARTS) is 2. The van der Waals surface area contributed by atoms with Crippen LogP contribution in [0.25, 0.3) is 67.1 Å². The highest BCUT2D eigenvalue weighted by Crippen LogP contribution is 2.32. The Morgan fingerprint density at radius 2 is 0.870 bits per heavy atom. The minimum atomic E-state index is -1.09. The van der Waals surface area contributed by atoms with Crippen molar-refractivity contribution in [3.63, 3.8) is 0 Å². The topological polar surface area (TPSA) is 209 Å². The number of ether oxygens (including phenoxy) is 4. The van der Waals surface area contributed by atoms with Gasteiger partial charge in [-0.1, -0.05) is 36.4 Å². The molecular weight excluding hydrogens is 1200 g/mol. The van der Waals surface area contributed by atoms with Crippen LogP contribution in [-0.4, -0.2) is 98.2 Å². The summed E-state index contributed by atoms with van der Waals surface area (Å²) in [6.45, 7) is 1.03. The van der Waals surface area contributed by atoms with E-state index in [1.165, 1.54) is 62.8 Å². The number of benzene rings is 6. The van der Waals surface area contributed by atoms with E-state index in [-0.39, 0.29) is 82.6 Å². The summed E-state index contributed by atoms with van der Waals surface area (Å²) in [4.78, 5) is 40.8. The summed E-state index contributed by atoms with van der Waals surface area (Å²) in [5.74, 6) is -4.76. The Hall–Kier alpha value is -11.0. The van der Waals surface area contributed by atoms with Crippen molar-refractivity contribution in [2.45, 2.75) is 39.1 Å². The SMILES string of the molecule is COCCn1c(Cc2cc(F)c(-c3cccc(OCc4ccc(-c5ccnn5C)cc4F)n3)cc2F)nc2ccc(C(=O)O)cc21.COCCn1c(Cc2cc(F)c(-c3cccc(OCc4ccc(-c5ccnn5C)cc4F)n3)cc2F)nc2ccc(C(=O)O)cc21. The van der Waals surface area contributed by atoms with Crippen LogP contribution in [0.1, 0.15) is 54.6 Å². The Morgan fingerprint density at radius 3 is 1.24 bits per heavy atom. The molecule has 0 amide bonds. The number of aromatic carboxylic acids is 2. The van der Waals surface area contributed by atoms with Crippen molar-refractivity contribution in [3.05, 3.63) is 238 Å². The number of fused-ring (bicyclic) bond motifs is 2. The molecule has 0 fully saturated rings. The number of aryl methyl sites for hydroxylation is 2. The Kier molecular flexibility index (Phi) is 18.7. The van der Waals surface area contributed by atoms with E-state index >= 15 is 17.6 Å². The maximum Gasteiger partial charge on any atom is 0.335 e. The number of nitrogens with zero attached hydrogens (tertiary/aromatic N) is 10. The molecule has 12 rings (SSSR count). The lowest BCUT2D eigenvalue weighted by Crippen LogP contribution is -2.10. The molecule has 6 heterocycles. The number of hydrogen-bond acceptors (Lipinski definition) is 12. The van der Waals surface area contributed by atoms with E-state index in [1.54, 1.807) is 118 Å². The van der Waals surface area contributed by atoms with Crippen LogP contribution in [0.5, 0.6) is 11.8 Å². The second kappa shape index (κ2) is 27.4. The van der Waals surface area contributed by atoms with Crippen molar-refractivity contribution in [3.8, 4) is 56.8 Å². The smallest absolute Gasteiger partial charge is 0.335 e. The second-order valence-corrected chi connectivity index (χ2v) is 21.2. The van der Waals surface area contributed by atoms with E-state index in [2.05, 4.69) is 30.1 Å². The Morgan fingerprint density at radius 1 is 0.457 bits per heavy atom. The van der Waals surface area contributed by atoms with Crippen LogP contribution in [0.4, 0.5) is 26.3 Å². The van der Waals surface area contributed by atoms with Gasteiger partial charge in [0.25, 0.3) is 0 Å². The molecule has 0 aliphatic carbocycles. The van der Waals surface area contributed by atoms with E-state index in [1.807, 2.05) is 0 Å². The minimum absolute atomic E-state index is 0.0502. The van der Waals surface area contributed by atoms with Gasteiger partial charge in [-0.05, 0) is 108 Å². The molecule has 0 aliphatic rings. The molecule has 0 radical (unpaired) electrons. The van der Waals surface area contributed by atoms with Crippen molar-refractivity contribution < 1.29 is 65.1 Å². The molecular formula is C68H56F6N10O8. The number of imidazole rings is 2. The molecule has 0 saturated carbocycles. The highest BCUT2D eigenvalue weighted by molar-refractivity contribution is 5.93. The molecule has 24 heteroatoms. The molecule has 0 unspecified atom stereocenters. The zero-order chi connectivity index (χ0) is 64.7. The highest BCUT2D eigenvalue weighted by atomic mass is 19.1. The maximum atomic E-state index is 15.5. The third-order valence-electron chi connectivity index (χ3n) is 15.2. The third kappa shape index (κ3) is 13.8. The predicted octanol–water partition coefficient (Wildman–Crippen LogP) is 12.9. The summed E-state index contributed by atoms with van der Waals surface area (Å²) in [5, 5.41) is 27.1. The molecule has 6 aromatic carbocycles. The number of carbonyl (C=O) groups is 2. The summed E-state index contributed by atoms with van der Waals surface area (Å²) in [6.07, 6.45) is 3.16. The summed E-state index contributed by atoms with van der Waals surface area (Å²) in [7, 11) is 6.60. The molecule has 0 atom stereocenters. The van der Waals surface area contributed by atoms with Crippen molar-refractivity contribution >= 4 is 34.0 Å². The zero-order valence-electron chi connectivity index (χ0n) is 49.8. The van der Waals surface area contributed by atoms with E-state index in [0.717, 1.165) is 35.7 Å². The molecule has 0 bridgehead atoms. The number of rotatable bonds is 22. The molecule has 12 aromatic rings. The minimum Gasteiger partial charge on any atom is -0.478 e. The lowest BCUT2D eigenvalue weighted by molar-refractivity contribution is 0.0686. The molecule has 92 heavy (non-hydrogen) atoms. The fourth-order valence-corrected chi connectivity index (χ4v) is 10.5. The summed E-state index contributed by atoms with van der Waals surface area (Å²) in [6, 6.07) is 35.8. The number of aromatic nitrogens is 10. The fourth-order valence-electron chi connectivity index (χ4n) is 10.5. The van der Waals surface area contributed by atoms with Crippen LogP contribution in [0.15, 0.2) is 158 Å². The number of halogens is 6. The lowest BCUT2D eigenvalue weighted by Gasteiger charge is -2.12. The lowest BCUT2D eigenvalue weighted by atomic mass is 10.0. The first kappa shape index (κ1) is 62.6. The van der Waals surface area contributed by atoms with E-state index in [9.17, 15) is 28.6 Å². The number of methoxy groups -OCH3 is 2. The first-order chi connectivity index (χ1) is 44.4. The molecule has 18 nitrogen and oxygen atoms in total. The van der Waals surface area contributed by atoms with Crippen molar-refractivity contribution in [2.24, 2.45) is 14.1 Å². The number of carboxylic acids is 2. The van der Waals surface area contributed by atoms with Crippen LogP contribution in [0.2, 0.25) is 0 Å². The number of hydrogen-bond donors (Lipinski definition) is 2. The van der Waals surface area contributed by atoms with E-state index in [0.29, 0.717) is 82.3 Å². The summed E-state index contributed by atoms with van der Waals surface area (Å²) < 4.78 is 120. The van der Waals surface area contributed by atoms with Gasteiger partial charge in [0.05, 0.1) is 69.2 Å². The predicted molar refractivity (Wildman–Crippen MR) is 328 cm³/mol. The quantitative estimate of drug-likeness (QED) is 0.0605. The molecule has 0 aliphatic heterocycles. The van der Waals surface area contributed by atoms with Gasteiger partial charge in [0.15, 0.2) is 0 Å². The average molecular weight is 1260 g/mol. The van der Waals surface area contributed by atoms with E-state index in [4.69, 9.17) is 18.9 Å².